The normalized spacial score (nSPS) is 14.4. The van der Waals surface area contributed by atoms with Crippen molar-refractivity contribution in [2.45, 2.75) is 187 Å². The van der Waals surface area contributed by atoms with E-state index in [9.17, 15) is 19.4 Å². The predicted molar refractivity (Wildman–Crippen MR) is 191 cm³/mol. The molecule has 10 heteroatoms. The molecule has 0 aromatic heterocycles. The van der Waals surface area contributed by atoms with Crippen molar-refractivity contribution in [1.29, 1.82) is 0 Å². The Morgan fingerprint density at radius 3 is 1.68 bits per heavy atom. The van der Waals surface area contributed by atoms with Crippen LogP contribution in [-0.4, -0.2) is 66.3 Å². The van der Waals surface area contributed by atoms with E-state index in [1.165, 1.54) is 96.3 Å². The summed E-state index contributed by atoms with van der Waals surface area (Å²) in [6.45, 7) is 3.46. The fraction of sp³-hybridized carbons (Fsp3) is 0.919. The van der Waals surface area contributed by atoms with Gasteiger partial charge in [0, 0.05) is 13.0 Å². The molecule has 9 nitrogen and oxygen atoms in total. The van der Waals surface area contributed by atoms with E-state index in [2.05, 4.69) is 26.0 Å². The number of hydrogen-bond acceptors (Lipinski definition) is 8. The van der Waals surface area contributed by atoms with Crippen LogP contribution in [0.5, 0.6) is 0 Å². The second kappa shape index (κ2) is 35.0. The Balaban J connectivity index is 4.16. The summed E-state index contributed by atoms with van der Waals surface area (Å²) in [6, 6.07) is 0. The summed E-state index contributed by atoms with van der Waals surface area (Å²) in [4.78, 5) is 22.4. The highest BCUT2D eigenvalue weighted by molar-refractivity contribution is 7.47. The summed E-state index contributed by atoms with van der Waals surface area (Å²) in [5, 5.41) is 18.3. The topological polar surface area (TPSA) is 132 Å². The first kappa shape index (κ1) is 46.2. The van der Waals surface area contributed by atoms with Crippen LogP contribution < -0.4 is 0 Å². The molecular formula is C37H73O9P. The number of allylic oxidation sites excluding steroid dienone is 2. The van der Waals surface area contributed by atoms with Crippen molar-refractivity contribution in [3.8, 4) is 0 Å². The van der Waals surface area contributed by atoms with Crippen LogP contribution in [-0.2, 0) is 27.9 Å². The zero-order valence-electron chi connectivity index (χ0n) is 30.3. The third-order valence-electron chi connectivity index (χ3n) is 8.18. The summed E-state index contributed by atoms with van der Waals surface area (Å²) in [7, 11) is -4.50. The first-order chi connectivity index (χ1) is 22.8. The van der Waals surface area contributed by atoms with Gasteiger partial charge in [-0.05, 0) is 32.1 Å². The van der Waals surface area contributed by atoms with Gasteiger partial charge < -0.3 is 24.6 Å². The lowest BCUT2D eigenvalue weighted by Crippen LogP contribution is -2.29. The standard InChI is InChI=1S/C37H73O9P/c1-3-5-7-9-11-13-15-16-17-18-19-20-22-24-26-28-30-43-33-36(34-45-47(41,42)44-32-35(39)31-38)46-37(40)29-27-25-23-21-14-12-10-8-6-4-2/h8,10,35-36,38-39H,3-7,9,11-34H2,1-2H3,(H,41,42)/b10-8-. The molecule has 0 aliphatic rings. The van der Waals surface area contributed by atoms with Crippen molar-refractivity contribution in [2.24, 2.45) is 0 Å². The van der Waals surface area contributed by atoms with Gasteiger partial charge in [-0.15, -0.1) is 0 Å². The highest BCUT2D eigenvalue weighted by atomic mass is 31.2. The molecule has 0 aromatic rings. The predicted octanol–water partition coefficient (Wildman–Crippen LogP) is 9.75. The average molecular weight is 693 g/mol. The number of carbonyl (C=O) groups excluding carboxylic acids is 1. The van der Waals surface area contributed by atoms with Crippen LogP contribution in [0.3, 0.4) is 0 Å². The summed E-state index contributed by atoms with van der Waals surface area (Å²) >= 11 is 0. The van der Waals surface area contributed by atoms with E-state index < -0.39 is 39.2 Å². The van der Waals surface area contributed by atoms with Crippen molar-refractivity contribution >= 4 is 13.8 Å². The smallest absolute Gasteiger partial charge is 0.457 e. The van der Waals surface area contributed by atoms with Crippen LogP contribution in [0.4, 0.5) is 0 Å². The van der Waals surface area contributed by atoms with Gasteiger partial charge >= 0.3 is 13.8 Å². The SMILES string of the molecule is CCC/C=C\CCCCCCCC(=O)OC(COCCCCCCCCCCCCCCCCCC)COP(=O)(O)OCC(O)CO. The second-order valence-electron chi connectivity index (χ2n) is 13.0. The first-order valence-corrected chi connectivity index (χ1v) is 20.7. The fourth-order valence-corrected chi connectivity index (χ4v) is 6.03. The lowest BCUT2D eigenvalue weighted by molar-refractivity contribution is -0.154. The van der Waals surface area contributed by atoms with Crippen LogP contribution >= 0.6 is 7.82 Å². The highest BCUT2D eigenvalue weighted by Crippen LogP contribution is 2.43. The van der Waals surface area contributed by atoms with Crippen molar-refractivity contribution in [2.75, 3.05) is 33.0 Å². The maximum absolute atomic E-state index is 12.5. The Morgan fingerprint density at radius 2 is 1.13 bits per heavy atom. The molecule has 0 heterocycles. The number of ether oxygens (including phenoxy) is 2. The monoisotopic (exact) mass is 692 g/mol. The fourth-order valence-electron chi connectivity index (χ4n) is 5.24. The second-order valence-corrected chi connectivity index (χ2v) is 14.4. The van der Waals surface area contributed by atoms with Gasteiger partial charge in [0.15, 0.2) is 0 Å². The van der Waals surface area contributed by atoms with Gasteiger partial charge in [0.1, 0.15) is 12.2 Å². The van der Waals surface area contributed by atoms with Crippen molar-refractivity contribution in [3.05, 3.63) is 12.2 Å². The van der Waals surface area contributed by atoms with Crippen LogP contribution in [0, 0.1) is 0 Å². The van der Waals surface area contributed by atoms with Crippen LogP contribution in [0.15, 0.2) is 12.2 Å². The number of aliphatic hydroxyl groups is 2. The minimum absolute atomic E-state index is 0.0509. The molecule has 0 aromatic carbocycles. The average Bonchev–Trinajstić information content (AvgIpc) is 3.06. The van der Waals surface area contributed by atoms with Crippen molar-refractivity contribution < 1.29 is 43.0 Å². The molecule has 0 bridgehead atoms. The maximum Gasteiger partial charge on any atom is 0.472 e. The maximum atomic E-state index is 12.5. The minimum Gasteiger partial charge on any atom is -0.457 e. The van der Waals surface area contributed by atoms with Gasteiger partial charge in [0.05, 0.1) is 26.4 Å². The lowest BCUT2D eigenvalue weighted by atomic mass is 10.0. The minimum atomic E-state index is -4.50. The van der Waals surface area contributed by atoms with Gasteiger partial charge in [-0.3, -0.25) is 13.8 Å². The number of hydrogen-bond donors (Lipinski definition) is 3. The molecule has 0 radical (unpaired) electrons. The largest absolute Gasteiger partial charge is 0.472 e. The molecule has 3 atom stereocenters. The third kappa shape index (κ3) is 34.8. The van der Waals surface area contributed by atoms with E-state index in [-0.39, 0.29) is 19.6 Å². The Bertz CT molecular complexity index is 749. The van der Waals surface area contributed by atoms with Gasteiger partial charge in [-0.2, -0.15) is 0 Å². The van der Waals surface area contributed by atoms with Crippen LogP contribution in [0.1, 0.15) is 174 Å². The van der Waals surface area contributed by atoms with Gasteiger partial charge in [-0.1, -0.05) is 148 Å². The van der Waals surface area contributed by atoms with Gasteiger partial charge in [-0.25, -0.2) is 4.57 Å². The Kier molecular flexibility index (Phi) is 34.4. The molecule has 0 rings (SSSR count). The molecule has 0 saturated carbocycles. The van der Waals surface area contributed by atoms with E-state index in [4.69, 9.17) is 23.6 Å². The number of phosphoric ester groups is 1. The van der Waals surface area contributed by atoms with E-state index in [0.29, 0.717) is 6.61 Å². The molecule has 0 spiro atoms. The number of esters is 1. The molecule has 0 amide bonds. The van der Waals surface area contributed by atoms with E-state index in [1.807, 2.05) is 0 Å². The first-order valence-electron chi connectivity index (χ1n) is 19.2. The van der Waals surface area contributed by atoms with E-state index >= 15 is 0 Å². The molecule has 3 N–H and O–H groups in total. The number of aliphatic hydroxyl groups excluding tert-OH is 2. The Labute approximate surface area is 288 Å². The summed E-state index contributed by atoms with van der Waals surface area (Å²) < 4.78 is 33.2. The lowest BCUT2D eigenvalue weighted by Gasteiger charge is -2.20. The Hall–Kier alpha value is -0.800. The Morgan fingerprint density at radius 1 is 0.638 bits per heavy atom. The molecule has 0 fully saturated rings. The summed E-state index contributed by atoms with van der Waals surface area (Å²) in [5.74, 6) is -0.392. The number of phosphoric acid groups is 1. The zero-order valence-corrected chi connectivity index (χ0v) is 31.2. The molecule has 0 saturated heterocycles. The van der Waals surface area contributed by atoms with Crippen LogP contribution in [0.2, 0.25) is 0 Å². The van der Waals surface area contributed by atoms with Crippen molar-refractivity contribution in [3.63, 3.8) is 0 Å². The van der Waals surface area contributed by atoms with Gasteiger partial charge in [0.25, 0.3) is 0 Å². The van der Waals surface area contributed by atoms with Crippen molar-refractivity contribution in [1.82, 2.24) is 0 Å². The van der Waals surface area contributed by atoms with Gasteiger partial charge in [0.2, 0.25) is 0 Å². The zero-order chi connectivity index (χ0) is 34.7. The number of carbonyl (C=O) groups is 1. The number of unbranched alkanes of at least 4 members (excludes halogenated alkanes) is 21. The third-order valence-corrected chi connectivity index (χ3v) is 9.13. The summed E-state index contributed by atoms with van der Waals surface area (Å²) in [6.07, 6.45) is 31.7. The molecular weight excluding hydrogens is 619 g/mol. The molecule has 3 unspecified atom stereocenters. The molecule has 47 heavy (non-hydrogen) atoms. The summed E-state index contributed by atoms with van der Waals surface area (Å²) in [5.41, 5.74) is 0. The molecule has 0 aliphatic heterocycles. The van der Waals surface area contributed by atoms with Crippen LogP contribution in [0.25, 0.3) is 0 Å². The highest BCUT2D eigenvalue weighted by Gasteiger charge is 2.26. The molecule has 280 valence electrons. The van der Waals surface area contributed by atoms with E-state index in [1.54, 1.807) is 0 Å². The van der Waals surface area contributed by atoms with E-state index in [0.717, 1.165) is 57.8 Å². The quantitative estimate of drug-likeness (QED) is 0.0252. The molecule has 0 aliphatic carbocycles. The number of rotatable bonds is 37.